The monoisotopic (exact) mass is 239 g/mol. The molecule has 0 fully saturated rings. The maximum absolute atomic E-state index is 13.5. The van der Waals surface area contributed by atoms with E-state index < -0.39 is 18.3 Å². The van der Waals surface area contributed by atoms with Gasteiger partial charge in [0.2, 0.25) is 5.91 Å². The minimum absolute atomic E-state index is 0.00773. The summed E-state index contributed by atoms with van der Waals surface area (Å²) in [6, 6.07) is 5.64. The Morgan fingerprint density at radius 2 is 2.00 bits per heavy atom. The van der Waals surface area contributed by atoms with Gasteiger partial charge in [-0.05, 0) is 18.6 Å². The third kappa shape index (κ3) is 3.55. The van der Waals surface area contributed by atoms with E-state index in [1.165, 1.54) is 18.2 Å². The van der Waals surface area contributed by atoms with Crippen LogP contribution in [0.4, 0.5) is 10.1 Å². The van der Waals surface area contributed by atoms with Crippen molar-refractivity contribution < 1.29 is 19.1 Å². The van der Waals surface area contributed by atoms with Crippen molar-refractivity contribution in [2.75, 3.05) is 11.4 Å². The Morgan fingerprint density at radius 1 is 1.35 bits per heavy atom. The zero-order chi connectivity index (χ0) is 12.8. The summed E-state index contributed by atoms with van der Waals surface area (Å²) < 4.78 is 13.5. The molecular weight excluding hydrogens is 225 g/mol. The van der Waals surface area contributed by atoms with Crippen molar-refractivity contribution >= 4 is 17.6 Å². The molecular formula is C12H14FNO3. The Kier molecular flexibility index (Phi) is 4.63. The largest absolute Gasteiger partial charge is 0.480 e. The molecule has 0 aliphatic rings. The molecule has 0 atom stereocenters. The van der Waals surface area contributed by atoms with Crippen molar-refractivity contribution in [3.63, 3.8) is 0 Å². The van der Waals surface area contributed by atoms with E-state index in [2.05, 4.69) is 0 Å². The van der Waals surface area contributed by atoms with E-state index in [9.17, 15) is 14.0 Å². The first kappa shape index (κ1) is 13.2. The number of carboxylic acid groups (broad SMARTS) is 1. The number of benzene rings is 1. The van der Waals surface area contributed by atoms with Gasteiger partial charge >= 0.3 is 5.97 Å². The van der Waals surface area contributed by atoms with Gasteiger partial charge < -0.3 is 5.11 Å². The van der Waals surface area contributed by atoms with Crippen LogP contribution in [0, 0.1) is 5.82 Å². The molecule has 0 saturated carbocycles. The van der Waals surface area contributed by atoms with E-state index >= 15 is 0 Å². The second-order valence-corrected chi connectivity index (χ2v) is 3.58. The normalized spacial score (nSPS) is 10.0. The van der Waals surface area contributed by atoms with Crippen LogP contribution >= 0.6 is 0 Å². The molecule has 1 rings (SSSR count). The molecule has 0 unspecified atom stereocenters. The van der Waals surface area contributed by atoms with E-state index in [0.717, 1.165) is 4.90 Å². The molecule has 92 valence electrons. The molecule has 1 amide bonds. The molecule has 17 heavy (non-hydrogen) atoms. The highest BCUT2D eigenvalue weighted by Gasteiger charge is 2.20. The number of hydrogen-bond donors (Lipinski definition) is 1. The number of amides is 1. The molecule has 1 aromatic carbocycles. The van der Waals surface area contributed by atoms with E-state index in [4.69, 9.17) is 5.11 Å². The lowest BCUT2D eigenvalue weighted by molar-refractivity contribution is -0.136. The lowest BCUT2D eigenvalue weighted by Crippen LogP contribution is -2.36. The number of carbonyl (C=O) groups is 2. The zero-order valence-electron chi connectivity index (χ0n) is 9.52. The molecule has 0 spiro atoms. The average Bonchev–Trinajstić information content (AvgIpc) is 2.27. The molecule has 0 aliphatic heterocycles. The number of carboxylic acids is 1. The van der Waals surface area contributed by atoms with Gasteiger partial charge in [0.1, 0.15) is 12.4 Å². The number of nitrogens with zero attached hydrogens (tertiary/aromatic N) is 1. The van der Waals surface area contributed by atoms with Crippen molar-refractivity contribution in [3.05, 3.63) is 30.1 Å². The molecule has 0 saturated heterocycles. The second-order valence-electron chi connectivity index (χ2n) is 3.58. The van der Waals surface area contributed by atoms with E-state index in [1.54, 1.807) is 13.0 Å². The maximum Gasteiger partial charge on any atom is 0.323 e. The van der Waals surface area contributed by atoms with Gasteiger partial charge in [-0.15, -0.1) is 0 Å². The van der Waals surface area contributed by atoms with E-state index in [0.29, 0.717) is 6.42 Å². The van der Waals surface area contributed by atoms with Crippen LogP contribution in [-0.4, -0.2) is 23.5 Å². The second kappa shape index (κ2) is 5.98. The first-order chi connectivity index (χ1) is 8.06. The molecule has 0 radical (unpaired) electrons. The van der Waals surface area contributed by atoms with Crippen molar-refractivity contribution in [3.8, 4) is 0 Å². The lowest BCUT2D eigenvalue weighted by Gasteiger charge is -2.21. The third-order valence-corrected chi connectivity index (χ3v) is 2.20. The quantitative estimate of drug-likeness (QED) is 0.855. The number of halogens is 1. The number of anilines is 1. The molecule has 4 nitrogen and oxygen atoms in total. The number of carbonyl (C=O) groups excluding carboxylic acids is 1. The Hall–Kier alpha value is -1.91. The summed E-state index contributed by atoms with van der Waals surface area (Å²) in [6.07, 6.45) is 0.783. The van der Waals surface area contributed by atoms with Crippen LogP contribution in [0.5, 0.6) is 0 Å². The van der Waals surface area contributed by atoms with Crippen LogP contribution in [0.2, 0.25) is 0 Å². The average molecular weight is 239 g/mol. The highest BCUT2D eigenvalue weighted by atomic mass is 19.1. The zero-order valence-corrected chi connectivity index (χ0v) is 9.52. The Balaban J connectivity index is 3.01. The van der Waals surface area contributed by atoms with Gasteiger partial charge in [0, 0.05) is 6.42 Å². The predicted molar refractivity (Wildman–Crippen MR) is 61.3 cm³/mol. The molecule has 1 N–H and O–H groups in total. The summed E-state index contributed by atoms with van der Waals surface area (Å²) in [4.78, 5) is 23.4. The highest BCUT2D eigenvalue weighted by molar-refractivity contribution is 5.97. The van der Waals surface area contributed by atoms with Gasteiger partial charge in [-0.3, -0.25) is 14.5 Å². The van der Waals surface area contributed by atoms with Gasteiger partial charge in [0.15, 0.2) is 0 Å². The summed E-state index contributed by atoms with van der Waals surface area (Å²) >= 11 is 0. The minimum atomic E-state index is -1.17. The topological polar surface area (TPSA) is 57.6 Å². The number of hydrogen-bond acceptors (Lipinski definition) is 2. The van der Waals surface area contributed by atoms with E-state index in [-0.39, 0.29) is 18.0 Å². The molecule has 5 heteroatoms. The van der Waals surface area contributed by atoms with Crippen molar-refractivity contribution in [1.29, 1.82) is 0 Å². The van der Waals surface area contributed by atoms with Crippen LogP contribution in [0.1, 0.15) is 19.8 Å². The van der Waals surface area contributed by atoms with E-state index in [1.807, 2.05) is 0 Å². The fourth-order valence-electron chi connectivity index (χ4n) is 1.46. The first-order valence-corrected chi connectivity index (χ1v) is 5.33. The SMILES string of the molecule is CCCC(=O)N(CC(=O)O)c1ccccc1F. The molecule has 0 aromatic heterocycles. The van der Waals surface area contributed by atoms with Crippen molar-refractivity contribution in [2.24, 2.45) is 0 Å². The fraction of sp³-hybridized carbons (Fsp3) is 0.333. The van der Waals surface area contributed by atoms with Gasteiger partial charge in [0.25, 0.3) is 0 Å². The first-order valence-electron chi connectivity index (χ1n) is 5.33. The lowest BCUT2D eigenvalue weighted by atomic mass is 10.2. The number of rotatable bonds is 5. The molecule has 1 aromatic rings. The number of para-hydroxylation sites is 1. The summed E-state index contributed by atoms with van der Waals surface area (Å²) in [5.74, 6) is -2.16. The van der Waals surface area contributed by atoms with Crippen molar-refractivity contribution in [2.45, 2.75) is 19.8 Å². The highest BCUT2D eigenvalue weighted by Crippen LogP contribution is 2.19. The van der Waals surface area contributed by atoms with Crippen LogP contribution in [0.3, 0.4) is 0 Å². The van der Waals surface area contributed by atoms with Gasteiger partial charge in [0.05, 0.1) is 5.69 Å². The predicted octanol–water partition coefficient (Wildman–Crippen LogP) is 2.04. The Morgan fingerprint density at radius 3 is 2.53 bits per heavy atom. The molecule has 0 heterocycles. The van der Waals surface area contributed by atoms with Crippen LogP contribution in [-0.2, 0) is 9.59 Å². The third-order valence-electron chi connectivity index (χ3n) is 2.20. The fourth-order valence-corrected chi connectivity index (χ4v) is 1.46. The van der Waals surface area contributed by atoms with Gasteiger partial charge in [-0.2, -0.15) is 0 Å². The summed E-state index contributed by atoms with van der Waals surface area (Å²) in [5.41, 5.74) is 0.00773. The maximum atomic E-state index is 13.5. The Labute approximate surface area is 98.7 Å². The van der Waals surface area contributed by atoms with Crippen LogP contribution in [0.25, 0.3) is 0 Å². The van der Waals surface area contributed by atoms with Gasteiger partial charge in [-0.1, -0.05) is 19.1 Å². The minimum Gasteiger partial charge on any atom is -0.480 e. The smallest absolute Gasteiger partial charge is 0.323 e. The van der Waals surface area contributed by atoms with Gasteiger partial charge in [-0.25, -0.2) is 4.39 Å². The molecule has 0 bridgehead atoms. The Bertz CT molecular complexity index is 420. The molecule has 0 aliphatic carbocycles. The van der Waals surface area contributed by atoms with Crippen molar-refractivity contribution in [1.82, 2.24) is 0 Å². The standard InChI is InChI=1S/C12H14FNO3/c1-2-5-11(15)14(8-12(16)17)10-7-4-3-6-9(10)13/h3-4,6-7H,2,5,8H2,1H3,(H,16,17). The summed E-state index contributed by atoms with van der Waals surface area (Å²) in [6.45, 7) is 1.28. The van der Waals surface area contributed by atoms with Crippen LogP contribution in [0.15, 0.2) is 24.3 Å². The number of aliphatic carboxylic acids is 1. The summed E-state index contributed by atoms with van der Waals surface area (Å²) in [7, 11) is 0. The summed E-state index contributed by atoms with van der Waals surface area (Å²) in [5, 5.41) is 8.74. The van der Waals surface area contributed by atoms with Crippen LogP contribution < -0.4 is 4.90 Å².